The van der Waals surface area contributed by atoms with Gasteiger partial charge in [-0.2, -0.15) is 0 Å². The first kappa shape index (κ1) is 13.1. The number of benzene rings is 1. The Balaban J connectivity index is 3.33. The third kappa shape index (κ3) is 2.27. The van der Waals surface area contributed by atoms with Crippen LogP contribution in [0.4, 0.5) is 22.0 Å². The van der Waals surface area contributed by atoms with Crippen molar-refractivity contribution >= 4 is 5.97 Å². The summed E-state index contributed by atoms with van der Waals surface area (Å²) in [6.07, 6.45) is -2.67. The first-order chi connectivity index (χ1) is 7.77. The maximum Gasteiger partial charge on any atom is 0.334 e. The predicted octanol–water partition coefficient (Wildman–Crippen LogP) is 2.89. The zero-order chi connectivity index (χ0) is 13.3. The lowest BCUT2D eigenvalue weighted by Gasteiger charge is -2.10. The maximum atomic E-state index is 13.4. The van der Waals surface area contributed by atoms with Crippen LogP contribution in [0.15, 0.2) is 18.2 Å². The van der Waals surface area contributed by atoms with Crippen LogP contribution in [-0.2, 0) is 4.79 Å². The minimum Gasteiger partial charge on any atom is -0.478 e. The quantitative estimate of drug-likeness (QED) is 0.388. The highest BCUT2D eigenvalue weighted by molar-refractivity contribution is 5.87. The van der Waals surface area contributed by atoms with E-state index < -0.39 is 46.5 Å². The second kappa shape index (κ2) is 4.52. The Hall–Kier alpha value is -1.92. The summed E-state index contributed by atoms with van der Waals surface area (Å²) in [5, 5.41) is 8.37. The van der Waals surface area contributed by atoms with Crippen LogP contribution in [-0.4, -0.2) is 11.1 Å². The topological polar surface area (TPSA) is 37.3 Å². The van der Waals surface area contributed by atoms with Crippen molar-refractivity contribution < 1.29 is 31.9 Å². The zero-order valence-electron chi connectivity index (χ0n) is 8.11. The summed E-state index contributed by atoms with van der Waals surface area (Å²) >= 11 is 0. The van der Waals surface area contributed by atoms with Gasteiger partial charge >= 0.3 is 5.97 Å². The molecule has 0 aliphatic carbocycles. The van der Waals surface area contributed by atoms with Crippen LogP contribution in [0.5, 0.6) is 0 Å². The van der Waals surface area contributed by atoms with E-state index >= 15 is 0 Å². The molecule has 0 heterocycles. The van der Waals surface area contributed by atoms with Gasteiger partial charge in [-0.25, -0.2) is 26.7 Å². The Labute approximate surface area is 92.0 Å². The lowest BCUT2D eigenvalue weighted by Crippen LogP contribution is -2.10. The van der Waals surface area contributed by atoms with E-state index in [1.54, 1.807) is 0 Å². The van der Waals surface area contributed by atoms with Gasteiger partial charge in [-0.15, -0.1) is 0 Å². The molecule has 0 fully saturated rings. The molecule has 0 saturated carbocycles. The van der Waals surface area contributed by atoms with Crippen molar-refractivity contribution in [3.05, 3.63) is 47.1 Å². The Bertz CT molecular complexity index is 498. The molecule has 0 radical (unpaired) electrons. The number of carboxylic acids is 1. The van der Waals surface area contributed by atoms with Crippen LogP contribution < -0.4 is 0 Å². The van der Waals surface area contributed by atoms with Crippen molar-refractivity contribution in [1.29, 1.82) is 0 Å². The SMILES string of the molecule is C=C(C(=O)O)C(F)c1cc(F)c(F)c(F)c1F. The van der Waals surface area contributed by atoms with Gasteiger partial charge in [-0.1, -0.05) is 6.58 Å². The van der Waals surface area contributed by atoms with Crippen LogP contribution in [0.1, 0.15) is 11.7 Å². The van der Waals surface area contributed by atoms with Crippen LogP contribution in [0.2, 0.25) is 0 Å². The molecule has 1 N–H and O–H groups in total. The lowest BCUT2D eigenvalue weighted by molar-refractivity contribution is -0.133. The van der Waals surface area contributed by atoms with Crippen LogP contribution in [0, 0.1) is 23.3 Å². The van der Waals surface area contributed by atoms with Crippen LogP contribution >= 0.6 is 0 Å². The molecule has 7 heteroatoms. The van der Waals surface area contributed by atoms with Crippen molar-refractivity contribution in [3.63, 3.8) is 0 Å². The lowest BCUT2D eigenvalue weighted by atomic mass is 10.0. The zero-order valence-corrected chi connectivity index (χ0v) is 8.11. The van der Waals surface area contributed by atoms with Gasteiger partial charge in [0.2, 0.25) is 0 Å². The van der Waals surface area contributed by atoms with Gasteiger partial charge in [0.25, 0.3) is 0 Å². The van der Waals surface area contributed by atoms with Crippen molar-refractivity contribution in [2.24, 2.45) is 0 Å². The highest BCUT2D eigenvalue weighted by Crippen LogP contribution is 2.30. The van der Waals surface area contributed by atoms with Crippen LogP contribution in [0.3, 0.4) is 0 Å². The summed E-state index contributed by atoms with van der Waals surface area (Å²) in [4.78, 5) is 10.3. The fourth-order valence-corrected chi connectivity index (χ4v) is 1.07. The first-order valence-corrected chi connectivity index (χ1v) is 4.16. The molecule has 0 aliphatic rings. The van der Waals surface area contributed by atoms with Crippen LogP contribution in [0.25, 0.3) is 0 Å². The van der Waals surface area contributed by atoms with Gasteiger partial charge in [-0.3, -0.25) is 0 Å². The summed E-state index contributed by atoms with van der Waals surface area (Å²) in [6, 6.07) is 0.0481. The summed E-state index contributed by atoms with van der Waals surface area (Å²) in [5.74, 6) is -9.92. The Kier molecular flexibility index (Phi) is 3.50. The molecular formula is C10H5F5O2. The number of hydrogen-bond donors (Lipinski definition) is 1. The standard InChI is InChI=1S/C10H5F5O2/c1-3(10(16)17)6(12)4-2-5(11)8(14)9(15)7(4)13/h2,6H,1H2,(H,16,17). The molecule has 1 unspecified atom stereocenters. The highest BCUT2D eigenvalue weighted by Gasteiger charge is 2.28. The van der Waals surface area contributed by atoms with E-state index in [1.165, 1.54) is 0 Å². The number of aliphatic carboxylic acids is 1. The molecule has 1 aromatic rings. The Morgan fingerprint density at radius 2 is 1.71 bits per heavy atom. The molecule has 1 atom stereocenters. The van der Waals surface area contributed by atoms with E-state index in [2.05, 4.69) is 6.58 Å². The Morgan fingerprint density at radius 1 is 1.18 bits per heavy atom. The molecule has 0 aliphatic heterocycles. The summed E-state index contributed by atoms with van der Waals surface area (Å²) < 4.78 is 64.4. The predicted molar refractivity (Wildman–Crippen MR) is 46.9 cm³/mol. The molecule has 2 nitrogen and oxygen atoms in total. The first-order valence-electron chi connectivity index (χ1n) is 4.16. The minimum absolute atomic E-state index is 0.0481. The molecule has 0 saturated heterocycles. The molecular weight excluding hydrogens is 247 g/mol. The molecule has 1 aromatic carbocycles. The third-order valence-corrected chi connectivity index (χ3v) is 1.98. The molecule has 0 spiro atoms. The van der Waals surface area contributed by atoms with Crippen molar-refractivity contribution in [2.45, 2.75) is 6.17 Å². The average molecular weight is 252 g/mol. The number of hydrogen-bond acceptors (Lipinski definition) is 1. The number of carbonyl (C=O) groups is 1. The fraction of sp³-hybridized carbons (Fsp3) is 0.100. The van der Waals surface area contributed by atoms with Gasteiger partial charge in [0.05, 0.1) is 5.57 Å². The maximum absolute atomic E-state index is 13.4. The number of carboxylic acid groups (broad SMARTS) is 1. The van der Waals surface area contributed by atoms with E-state index in [0.717, 1.165) is 0 Å². The van der Waals surface area contributed by atoms with Crippen molar-refractivity contribution in [2.75, 3.05) is 0 Å². The molecule has 0 amide bonds. The van der Waals surface area contributed by atoms with Crippen molar-refractivity contribution in [1.82, 2.24) is 0 Å². The van der Waals surface area contributed by atoms with Gasteiger partial charge in [0.15, 0.2) is 29.4 Å². The summed E-state index contributed by atoms with van der Waals surface area (Å²) in [7, 11) is 0. The average Bonchev–Trinajstić information content (AvgIpc) is 2.29. The van der Waals surface area contributed by atoms with E-state index in [4.69, 9.17) is 5.11 Å². The second-order valence-corrected chi connectivity index (χ2v) is 3.08. The van der Waals surface area contributed by atoms with Gasteiger partial charge in [-0.05, 0) is 6.07 Å². The van der Waals surface area contributed by atoms with E-state index in [-0.39, 0.29) is 6.07 Å². The molecule has 17 heavy (non-hydrogen) atoms. The fourth-order valence-electron chi connectivity index (χ4n) is 1.07. The van der Waals surface area contributed by atoms with Gasteiger partial charge < -0.3 is 5.11 Å². The van der Waals surface area contributed by atoms with E-state index in [1.807, 2.05) is 0 Å². The van der Waals surface area contributed by atoms with Gasteiger partial charge in [0, 0.05) is 5.56 Å². The Morgan fingerprint density at radius 3 is 2.18 bits per heavy atom. The summed E-state index contributed by atoms with van der Waals surface area (Å²) in [6.45, 7) is 2.77. The normalized spacial score (nSPS) is 12.3. The second-order valence-electron chi connectivity index (χ2n) is 3.08. The molecule has 0 aromatic heterocycles. The smallest absolute Gasteiger partial charge is 0.334 e. The number of alkyl halides is 1. The van der Waals surface area contributed by atoms with Crippen molar-refractivity contribution in [3.8, 4) is 0 Å². The number of rotatable bonds is 3. The molecule has 92 valence electrons. The third-order valence-electron chi connectivity index (χ3n) is 1.98. The number of halogens is 5. The van der Waals surface area contributed by atoms with E-state index in [0.29, 0.717) is 0 Å². The summed E-state index contributed by atoms with van der Waals surface area (Å²) in [5.41, 5.74) is -2.37. The monoisotopic (exact) mass is 252 g/mol. The van der Waals surface area contributed by atoms with Gasteiger partial charge in [0.1, 0.15) is 0 Å². The minimum atomic E-state index is -2.67. The highest BCUT2D eigenvalue weighted by atomic mass is 19.2. The molecule has 0 bridgehead atoms. The largest absolute Gasteiger partial charge is 0.478 e. The molecule has 1 rings (SSSR count). The van der Waals surface area contributed by atoms with E-state index in [9.17, 15) is 26.7 Å².